The minimum Gasteiger partial charge on any atom is -0.382 e. The van der Waals surface area contributed by atoms with E-state index >= 15 is 0 Å². The normalized spacial score (nSPS) is 10.8. The molecule has 0 aliphatic rings. The summed E-state index contributed by atoms with van der Waals surface area (Å²) in [5.74, 6) is 0.552. The Kier molecular flexibility index (Phi) is 4.85. The molecular weight excluding hydrogens is 217 g/mol. The van der Waals surface area contributed by atoms with Gasteiger partial charge in [-0.15, -0.1) is 11.6 Å². The van der Waals surface area contributed by atoms with Gasteiger partial charge in [-0.2, -0.15) is 0 Å². The first kappa shape index (κ1) is 11.4. The molecular formula is C11H13Cl2N. The van der Waals surface area contributed by atoms with Crippen molar-refractivity contribution in [3.8, 4) is 0 Å². The molecule has 0 bridgehead atoms. The van der Waals surface area contributed by atoms with Crippen molar-refractivity contribution in [1.82, 2.24) is 0 Å². The highest BCUT2D eigenvalue weighted by Crippen LogP contribution is 2.19. The van der Waals surface area contributed by atoms with Gasteiger partial charge in [0.25, 0.3) is 0 Å². The number of rotatable bonds is 4. The van der Waals surface area contributed by atoms with E-state index in [1.807, 2.05) is 37.3 Å². The fourth-order valence-corrected chi connectivity index (χ4v) is 1.33. The van der Waals surface area contributed by atoms with Crippen LogP contribution < -0.4 is 5.32 Å². The second kappa shape index (κ2) is 5.94. The average molecular weight is 230 g/mol. The Morgan fingerprint density at radius 3 is 2.79 bits per heavy atom. The summed E-state index contributed by atoms with van der Waals surface area (Å²) in [7, 11) is 0. The van der Waals surface area contributed by atoms with Crippen LogP contribution in [0.25, 0.3) is 0 Å². The molecule has 0 heterocycles. The van der Waals surface area contributed by atoms with Crippen molar-refractivity contribution < 1.29 is 0 Å². The summed E-state index contributed by atoms with van der Waals surface area (Å²) in [6, 6.07) is 5.93. The van der Waals surface area contributed by atoms with Gasteiger partial charge in [0, 0.05) is 23.1 Å². The first-order valence-corrected chi connectivity index (χ1v) is 5.36. The van der Waals surface area contributed by atoms with Crippen LogP contribution in [0.2, 0.25) is 5.02 Å². The zero-order chi connectivity index (χ0) is 10.4. The fourth-order valence-electron chi connectivity index (χ4n) is 1.03. The van der Waals surface area contributed by atoms with Crippen molar-refractivity contribution in [2.75, 3.05) is 17.7 Å². The van der Waals surface area contributed by atoms with Crippen LogP contribution in [0.15, 0.2) is 30.4 Å². The predicted molar refractivity (Wildman–Crippen MR) is 64.5 cm³/mol. The molecule has 0 saturated heterocycles. The molecule has 1 aromatic carbocycles. The lowest BCUT2D eigenvalue weighted by Gasteiger charge is -2.05. The molecule has 0 aromatic heterocycles. The van der Waals surface area contributed by atoms with Gasteiger partial charge in [-0.3, -0.25) is 0 Å². The van der Waals surface area contributed by atoms with Crippen molar-refractivity contribution in [2.45, 2.75) is 6.92 Å². The minimum absolute atomic E-state index is 0.552. The monoisotopic (exact) mass is 229 g/mol. The number of alkyl halides is 1. The molecule has 0 fully saturated rings. The van der Waals surface area contributed by atoms with Gasteiger partial charge < -0.3 is 5.32 Å². The van der Waals surface area contributed by atoms with E-state index in [1.54, 1.807) is 0 Å². The smallest absolute Gasteiger partial charge is 0.0455 e. The van der Waals surface area contributed by atoms with E-state index in [9.17, 15) is 0 Å². The molecule has 1 rings (SSSR count). The molecule has 0 radical (unpaired) electrons. The van der Waals surface area contributed by atoms with Crippen LogP contribution in [-0.4, -0.2) is 12.4 Å². The summed E-state index contributed by atoms with van der Waals surface area (Å²) >= 11 is 11.5. The molecule has 3 heteroatoms. The van der Waals surface area contributed by atoms with Gasteiger partial charge in [0.2, 0.25) is 0 Å². The quantitative estimate of drug-likeness (QED) is 0.611. The highest BCUT2D eigenvalue weighted by atomic mass is 35.5. The number of allylic oxidation sites excluding steroid dienone is 1. The maximum absolute atomic E-state index is 5.97. The number of aryl methyl sites for hydroxylation is 1. The lowest BCUT2D eigenvalue weighted by molar-refractivity contribution is 1.32. The maximum Gasteiger partial charge on any atom is 0.0455 e. The topological polar surface area (TPSA) is 12.0 Å². The van der Waals surface area contributed by atoms with E-state index in [0.29, 0.717) is 5.88 Å². The molecule has 0 aliphatic heterocycles. The highest BCUT2D eigenvalue weighted by Gasteiger charge is 1.95. The van der Waals surface area contributed by atoms with E-state index in [0.717, 1.165) is 22.8 Å². The van der Waals surface area contributed by atoms with Crippen LogP contribution in [0.1, 0.15) is 5.56 Å². The van der Waals surface area contributed by atoms with E-state index in [-0.39, 0.29) is 0 Å². The molecule has 0 atom stereocenters. The summed E-state index contributed by atoms with van der Waals surface area (Å²) < 4.78 is 0. The molecule has 0 spiro atoms. The van der Waals surface area contributed by atoms with Gasteiger partial charge in [0.1, 0.15) is 0 Å². The van der Waals surface area contributed by atoms with Crippen LogP contribution in [-0.2, 0) is 0 Å². The van der Waals surface area contributed by atoms with Crippen LogP contribution >= 0.6 is 23.2 Å². The number of halogens is 2. The Bertz CT molecular complexity index is 321. The SMILES string of the molecule is Cc1ccc(NC/C=C/CCl)cc1Cl. The zero-order valence-corrected chi connectivity index (χ0v) is 9.57. The van der Waals surface area contributed by atoms with E-state index < -0.39 is 0 Å². The largest absolute Gasteiger partial charge is 0.382 e. The Labute approximate surface area is 94.7 Å². The molecule has 0 saturated carbocycles. The number of hydrogen-bond donors (Lipinski definition) is 1. The molecule has 1 nitrogen and oxygen atoms in total. The number of nitrogens with one attached hydrogen (secondary N) is 1. The minimum atomic E-state index is 0.552. The lowest BCUT2D eigenvalue weighted by Crippen LogP contribution is -1.98. The highest BCUT2D eigenvalue weighted by molar-refractivity contribution is 6.31. The summed E-state index contributed by atoms with van der Waals surface area (Å²) in [6.45, 7) is 2.76. The Morgan fingerprint density at radius 1 is 1.36 bits per heavy atom. The van der Waals surface area contributed by atoms with Gasteiger partial charge >= 0.3 is 0 Å². The molecule has 76 valence electrons. The van der Waals surface area contributed by atoms with Crippen LogP contribution in [0.4, 0.5) is 5.69 Å². The Morgan fingerprint density at radius 2 is 2.14 bits per heavy atom. The van der Waals surface area contributed by atoms with Crippen molar-refractivity contribution in [1.29, 1.82) is 0 Å². The van der Waals surface area contributed by atoms with Gasteiger partial charge in [-0.05, 0) is 24.6 Å². The van der Waals surface area contributed by atoms with E-state index in [2.05, 4.69) is 5.32 Å². The Balaban J connectivity index is 2.51. The fraction of sp³-hybridized carbons (Fsp3) is 0.273. The van der Waals surface area contributed by atoms with Crippen LogP contribution in [0.3, 0.4) is 0 Å². The summed E-state index contributed by atoms with van der Waals surface area (Å²) in [5.41, 5.74) is 2.12. The first-order valence-electron chi connectivity index (χ1n) is 4.45. The number of benzene rings is 1. The van der Waals surface area contributed by atoms with Crippen molar-refractivity contribution in [3.63, 3.8) is 0 Å². The molecule has 1 N–H and O–H groups in total. The third-order valence-corrected chi connectivity index (χ3v) is 2.44. The third kappa shape index (κ3) is 3.60. The van der Waals surface area contributed by atoms with E-state index in [1.165, 1.54) is 0 Å². The van der Waals surface area contributed by atoms with E-state index in [4.69, 9.17) is 23.2 Å². The number of hydrogen-bond acceptors (Lipinski definition) is 1. The molecule has 0 aliphatic carbocycles. The second-order valence-electron chi connectivity index (χ2n) is 2.97. The van der Waals surface area contributed by atoms with Gasteiger partial charge in [0.05, 0.1) is 0 Å². The van der Waals surface area contributed by atoms with Gasteiger partial charge in [-0.25, -0.2) is 0 Å². The zero-order valence-electron chi connectivity index (χ0n) is 8.06. The summed E-state index contributed by atoms with van der Waals surface area (Å²) in [5, 5.41) is 4.01. The predicted octanol–water partition coefficient (Wildman–Crippen LogP) is 3.86. The van der Waals surface area contributed by atoms with Crippen molar-refractivity contribution >= 4 is 28.9 Å². The van der Waals surface area contributed by atoms with Gasteiger partial charge in [0.15, 0.2) is 0 Å². The summed E-state index contributed by atoms with van der Waals surface area (Å²) in [6.07, 6.45) is 3.89. The lowest BCUT2D eigenvalue weighted by atomic mass is 10.2. The average Bonchev–Trinajstić information content (AvgIpc) is 2.18. The maximum atomic E-state index is 5.97. The first-order chi connectivity index (χ1) is 6.74. The standard InChI is InChI=1S/C11H13Cl2N/c1-9-4-5-10(8-11(9)13)14-7-3-2-6-12/h2-5,8,14H,6-7H2,1H3/b3-2+. The van der Waals surface area contributed by atoms with Crippen molar-refractivity contribution in [2.24, 2.45) is 0 Å². The second-order valence-corrected chi connectivity index (χ2v) is 3.69. The molecule has 14 heavy (non-hydrogen) atoms. The molecule has 0 amide bonds. The summed E-state index contributed by atoms with van der Waals surface area (Å²) in [4.78, 5) is 0. The Hall–Kier alpha value is -0.660. The van der Waals surface area contributed by atoms with Crippen molar-refractivity contribution in [3.05, 3.63) is 40.9 Å². The van der Waals surface area contributed by atoms with Gasteiger partial charge in [-0.1, -0.05) is 29.8 Å². The number of anilines is 1. The third-order valence-electron chi connectivity index (χ3n) is 1.85. The van der Waals surface area contributed by atoms with Crippen LogP contribution in [0, 0.1) is 6.92 Å². The molecule has 1 aromatic rings. The van der Waals surface area contributed by atoms with Crippen LogP contribution in [0.5, 0.6) is 0 Å². The molecule has 0 unspecified atom stereocenters.